The lowest BCUT2D eigenvalue weighted by Crippen LogP contribution is -2.48. The number of carbonyl (C=O) groups is 1. The molecule has 2 N–H and O–H groups in total. The van der Waals surface area contributed by atoms with E-state index in [1.165, 1.54) is 6.07 Å². The van der Waals surface area contributed by atoms with E-state index in [1.54, 1.807) is 18.2 Å². The molecule has 16 heavy (non-hydrogen) atoms. The van der Waals surface area contributed by atoms with Gasteiger partial charge in [-0.1, -0.05) is 19.1 Å². The van der Waals surface area contributed by atoms with E-state index >= 15 is 0 Å². The Morgan fingerprint density at radius 1 is 1.50 bits per heavy atom. The van der Waals surface area contributed by atoms with E-state index in [2.05, 4.69) is 12.2 Å². The van der Waals surface area contributed by atoms with Gasteiger partial charge in [-0.25, -0.2) is 0 Å². The minimum absolute atomic E-state index is 0.00927. The zero-order valence-corrected chi connectivity index (χ0v) is 9.19. The molecule has 0 bridgehead atoms. The topological polar surface area (TPSA) is 58.6 Å². The fourth-order valence-corrected chi connectivity index (χ4v) is 1.61. The first-order chi connectivity index (χ1) is 7.61. The van der Waals surface area contributed by atoms with Gasteiger partial charge in [-0.3, -0.25) is 4.79 Å². The summed E-state index contributed by atoms with van der Waals surface area (Å²) in [5, 5.41) is 12.3. The molecule has 2 rings (SSSR count). The Bertz CT molecular complexity index is 399. The molecule has 1 heterocycles. The third-order valence-electron chi connectivity index (χ3n) is 2.73. The van der Waals surface area contributed by atoms with Crippen molar-refractivity contribution in [2.24, 2.45) is 5.41 Å². The van der Waals surface area contributed by atoms with Gasteiger partial charge < -0.3 is 15.2 Å². The molecule has 0 radical (unpaired) electrons. The van der Waals surface area contributed by atoms with Crippen LogP contribution in [0.4, 0.5) is 0 Å². The summed E-state index contributed by atoms with van der Waals surface area (Å²) in [6.45, 7) is 3.98. The molecule has 0 unspecified atom stereocenters. The largest absolute Gasteiger partial charge is 0.507 e. The van der Waals surface area contributed by atoms with E-state index in [-0.39, 0.29) is 17.1 Å². The molecular formula is C12H15NO3. The van der Waals surface area contributed by atoms with Crippen LogP contribution in [0.15, 0.2) is 24.3 Å². The Labute approximate surface area is 94.2 Å². The highest BCUT2D eigenvalue weighted by molar-refractivity contribution is 5.96. The van der Waals surface area contributed by atoms with E-state index < -0.39 is 0 Å². The van der Waals surface area contributed by atoms with Crippen LogP contribution in [0, 0.1) is 5.41 Å². The molecule has 0 atom stereocenters. The van der Waals surface area contributed by atoms with Crippen LogP contribution in [0.1, 0.15) is 17.3 Å². The quantitative estimate of drug-likeness (QED) is 0.805. The van der Waals surface area contributed by atoms with Crippen molar-refractivity contribution in [2.45, 2.75) is 6.92 Å². The molecule has 0 aliphatic carbocycles. The third kappa shape index (κ3) is 2.17. The van der Waals surface area contributed by atoms with Crippen LogP contribution >= 0.6 is 0 Å². The minimum atomic E-state index is -0.244. The van der Waals surface area contributed by atoms with Crippen LogP contribution < -0.4 is 5.32 Å². The van der Waals surface area contributed by atoms with Crippen molar-refractivity contribution in [1.29, 1.82) is 0 Å². The van der Waals surface area contributed by atoms with Crippen molar-refractivity contribution in [3.8, 4) is 5.75 Å². The fraction of sp³-hybridized carbons (Fsp3) is 0.417. The van der Waals surface area contributed by atoms with E-state index in [9.17, 15) is 9.90 Å². The van der Waals surface area contributed by atoms with Crippen LogP contribution in [0.3, 0.4) is 0 Å². The molecule has 86 valence electrons. The maximum absolute atomic E-state index is 11.7. The Hall–Kier alpha value is -1.55. The Morgan fingerprint density at radius 3 is 2.75 bits per heavy atom. The maximum Gasteiger partial charge on any atom is 0.255 e. The average Bonchev–Trinajstić information content (AvgIpc) is 2.24. The average molecular weight is 221 g/mol. The molecule has 0 aromatic heterocycles. The third-order valence-corrected chi connectivity index (χ3v) is 2.73. The van der Waals surface area contributed by atoms with Crippen molar-refractivity contribution in [2.75, 3.05) is 19.8 Å². The van der Waals surface area contributed by atoms with Gasteiger partial charge in [-0.05, 0) is 12.1 Å². The molecule has 1 amide bonds. The van der Waals surface area contributed by atoms with Crippen LogP contribution in [0.5, 0.6) is 5.75 Å². The second-order valence-corrected chi connectivity index (χ2v) is 4.50. The Morgan fingerprint density at radius 2 is 2.19 bits per heavy atom. The van der Waals surface area contributed by atoms with Crippen molar-refractivity contribution in [3.05, 3.63) is 29.8 Å². The van der Waals surface area contributed by atoms with Crippen LogP contribution in [0.2, 0.25) is 0 Å². The Kier molecular flexibility index (Phi) is 2.83. The molecule has 1 aromatic rings. The fourth-order valence-electron chi connectivity index (χ4n) is 1.61. The van der Waals surface area contributed by atoms with E-state index in [0.717, 1.165) is 0 Å². The summed E-state index contributed by atoms with van der Waals surface area (Å²) in [5.41, 5.74) is 0.353. The summed E-state index contributed by atoms with van der Waals surface area (Å²) in [4.78, 5) is 11.7. The van der Waals surface area contributed by atoms with E-state index in [4.69, 9.17) is 4.74 Å². The van der Waals surface area contributed by atoms with Crippen molar-refractivity contribution in [1.82, 2.24) is 5.32 Å². The lowest BCUT2D eigenvalue weighted by atomic mass is 9.88. The van der Waals surface area contributed by atoms with Gasteiger partial charge in [0.05, 0.1) is 18.8 Å². The lowest BCUT2D eigenvalue weighted by Gasteiger charge is -2.38. The predicted octanol–water partition coefficient (Wildman–Crippen LogP) is 1.16. The highest BCUT2D eigenvalue weighted by atomic mass is 16.5. The number of benzene rings is 1. The van der Waals surface area contributed by atoms with Crippen molar-refractivity contribution < 1.29 is 14.6 Å². The first kappa shape index (κ1) is 11.0. The van der Waals surface area contributed by atoms with Gasteiger partial charge in [0.1, 0.15) is 5.75 Å². The van der Waals surface area contributed by atoms with Gasteiger partial charge in [0.15, 0.2) is 0 Å². The molecule has 4 nitrogen and oxygen atoms in total. The minimum Gasteiger partial charge on any atom is -0.507 e. The van der Waals surface area contributed by atoms with Crippen LogP contribution in [-0.4, -0.2) is 30.8 Å². The number of aromatic hydroxyl groups is 1. The van der Waals surface area contributed by atoms with Gasteiger partial charge in [0.2, 0.25) is 0 Å². The molecule has 0 saturated carbocycles. The smallest absolute Gasteiger partial charge is 0.255 e. The number of carbonyl (C=O) groups excluding carboxylic acids is 1. The van der Waals surface area contributed by atoms with E-state index in [0.29, 0.717) is 25.3 Å². The standard InChI is InChI=1S/C12H15NO3/c1-12(7-16-8-12)6-13-11(15)9-4-2-3-5-10(9)14/h2-5,14H,6-8H2,1H3,(H,13,15). The van der Waals surface area contributed by atoms with Gasteiger partial charge in [0.25, 0.3) is 5.91 Å². The molecule has 1 aliphatic heterocycles. The Balaban J connectivity index is 1.96. The monoisotopic (exact) mass is 221 g/mol. The number of hydrogen-bond donors (Lipinski definition) is 2. The molecule has 4 heteroatoms. The summed E-state index contributed by atoms with van der Waals surface area (Å²) in [5.74, 6) is -0.235. The van der Waals surface area contributed by atoms with Gasteiger partial charge in [-0.15, -0.1) is 0 Å². The van der Waals surface area contributed by atoms with Gasteiger partial charge in [0, 0.05) is 12.0 Å². The maximum atomic E-state index is 11.7. The summed E-state index contributed by atoms with van der Waals surface area (Å²) in [7, 11) is 0. The molecule has 1 fully saturated rings. The normalized spacial score (nSPS) is 17.6. The molecule has 1 aliphatic rings. The first-order valence-corrected chi connectivity index (χ1v) is 5.25. The van der Waals surface area contributed by atoms with E-state index in [1.807, 2.05) is 0 Å². The highest BCUT2D eigenvalue weighted by Crippen LogP contribution is 2.25. The number of phenols is 1. The van der Waals surface area contributed by atoms with Crippen LogP contribution in [-0.2, 0) is 4.74 Å². The summed E-state index contributed by atoms with van der Waals surface area (Å²) in [6.07, 6.45) is 0. The second-order valence-electron chi connectivity index (χ2n) is 4.50. The SMILES string of the molecule is CC1(CNC(=O)c2ccccc2O)COC1. The summed E-state index contributed by atoms with van der Waals surface area (Å²) in [6, 6.07) is 6.52. The van der Waals surface area contributed by atoms with Crippen LogP contribution in [0.25, 0.3) is 0 Å². The number of hydrogen-bond acceptors (Lipinski definition) is 3. The summed E-state index contributed by atoms with van der Waals surface area (Å²) < 4.78 is 5.10. The zero-order chi connectivity index (χ0) is 11.6. The highest BCUT2D eigenvalue weighted by Gasteiger charge is 2.33. The molecule has 0 spiro atoms. The second kappa shape index (κ2) is 4.14. The number of rotatable bonds is 3. The number of amides is 1. The molecular weight excluding hydrogens is 206 g/mol. The number of nitrogens with one attached hydrogen (secondary N) is 1. The summed E-state index contributed by atoms with van der Waals surface area (Å²) >= 11 is 0. The lowest BCUT2D eigenvalue weighted by molar-refractivity contribution is -0.0978. The number of ether oxygens (including phenoxy) is 1. The predicted molar refractivity (Wildman–Crippen MR) is 59.4 cm³/mol. The molecule has 1 saturated heterocycles. The first-order valence-electron chi connectivity index (χ1n) is 5.25. The number of phenolic OH excluding ortho intramolecular Hbond substituents is 1. The number of para-hydroxylation sites is 1. The van der Waals surface area contributed by atoms with Gasteiger partial charge in [-0.2, -0.15) is 0 Å². The van der Waals surface area contributed by atoms with Crippen molar-refractivity contribution >= 4 is 5.91 Å². The molecule has 1 aromatic carbocycles. The van der Waals surface area contributed by atoms with Crippen molar-refractivity contribution in [3.63, 3.8) is 0 Å². The zero-order valence-electron chi connectivity index (χ0n) is 9.19. The van der Waals surface area contributed by atoms with Gasteiger partial charge >= 0.3 is 0 Å².